The molecule has 156 valence electrons. The van der Waals surface area contributed by atoms with E-state index in [9.17, 15) is 9.90 Å². The molecular weight excluding hydrogens is 420 g/mol. The Morgan fingerprint density at radius 1 is 0.844 bits per heavy atom. The molecule has 5 nitrogen and oxygen atoms in total. The number of carbonyl (C=O) groups is 1. The summed E-state index contributed by atoms with van der Waals surface area (Å²) in [6.07, 6.45) is 0. The van der Waals surface area contributed by atoms with Crippen LogP contribution in [0, 0.1) is 0 Å². The maximum Gasteiger partial charge on any atom is 0.348 e. The fourth-order valence-electron chi connectivity index (χ4n) is 3.59. The number of nitrogens with two attached hydrogens (primary N) is 1. The molecule has 0 bridgehead atoms. The second kappa shape index (κ2) is 8.17. The first-order valence-corrected chi connectivity index (χ1v) is 10.8. The highest BCUT2D eigenvalue weighted by Gasteiger charge is 2.21. The minimum absolute atomic E-state index is 0.105. The predicted octanol–water partition coefficient (Wildman–Crippen LogP) is 6.70. The van der Waals surface area contributed by atoms with Crippen LogP contribution in [0.1, 0.15) is 9.67 Å². The van der Waals surface area contributed by atoms with Gasteiger partial charge in [-0.3, -0.25) is 0 Å². The summed E-state index contributed by atoms with van der Waals surface area (Å²) in [5, 5.41) is 10.2. The van der Waals surface area contributed by atoms with Crippen molar-refractivity contribution in [2.45, 2.75) is 0 Å². The number of rotatable bonds is 5. The number of nitrogens with zero attached hydrogens (tertiary/aromatic N) is 1. The molecule has 3 aromatic carbocycles. The molecule has 2 aromatic heterocycles. The molecule has 0 fully saturated rings. The minimum atomic E-state index is -1.05. The van der Waals surface area contributed by atoms with Gasteiger partial charge in [0.15, 0.2) is 0 Å². The van der Waals surface area contributed by atoms with Crippen LogP contribution in [-0.4, -0.2) is 16.1 Å². The summed E-state index contributed by atoms with van der Waals surface area (Å²) in [4.78, 5) is 17.1. The summed E-state index contributed by atoms with van der Waals surface area (Å²) in [5.41, 5.74) is 9.93. The Bertz CT molecular complexity index is 1410. The van der Waals surface area contributed by atoms with Crippen LogP contribution >= 0.6 is 11.3 Å². The normalized spacial score (nSPS) is 10.9. The number of fused-ring (bicyclic) bond motifs is 1. The zero-order valence-corrected chi connectivity index (χ0v) is 17.7. The van der Waals surface area contributed by atoms with Crippen LogP contribution < -0.4 is 10.5 Å². The van der Waals surface area contributed by atoms with E-state index in [1.165, 1.54) is 0 Å². The van der Waals surface area contributed by atoms with E-state index in [0.717, 1.165) is 45.2 Å². The van der Waals surface area contributed by atoms with Crippen LogP contribution in [0.25, 0.3) is 32.6 Å². The first kappa shape index (κ1) is 19.8. The molecular formula is C26H18N2O3S. The van der Waals surface area contributed by atoms with E-state index in [1.54, 1.807) is 0 Å². The Balaban J connectivity index is 1.61. The van der Waals surface area contributed by atoms with E-state index < -0.39 is 5.97 Å². The summed E-state index contributed by atoms with van der Waals surface area (Å²) in [7, 11) is 0. The van der Waals surface area contributed by atoms with Gasteiger partial charge in [0.1, 0.15) is 21.2 Å². The number of aromatic carboxylic acids is 1. The van der Waals surface area contributed by atoms with Gasteiger partial charge in [0.05, 0.1) is 11.4 Å². The van der Waals surface area contributed by atoms with Gasteiger partial charge >= 0.3 is 5.97 Å². The third-order valence-electron chi connectivity index (χ3n) is 5.11. The molecule has 0 saturated carbocycles. The van der Waals surface area contributed by atoms with Crippen LogP contribution in [0.3, 0.4) is 0 Å². The third-order valence-corrected chi connectivity index (χ3v) is 6.19. The number of carboxylic acid groups (broad SMARTS) is 1. The van der Waals surface area contributed by atoms with Crippen LogP contribution in [-0.2, 0) is 0 Å². The van der Waals surface area contributed by atoms with Crippen molar-refractivity contribution < 1.29 is 14.6 Å². The average Bonchev–Trinajstić information content (AvgIpc) is 3.17. The van der Waals surface area contributed by atoms with Crippen molar-refractivity contribution in [1.29, 1.82) is 0 Å². The van der Waals surface area contributed by atoms with E-state index in [4.69, 9.17) is 15.5 Å². The number of pyridine rings is 1. The zero-order chi connectivity index (χ0) is 22.1. The molecule has 0 aliphatic heterocycles. The number of nitrogen functional groups attached to an aromatic ring is 1. The lowest BCUT2D eigenvalue weighted by atomic mass is 9.99. The Morgan fingerprint density at radius 2 is 1.47 bits per heavy atom. The lowest BCUT2D eigenvalue weighted by Crippen LogP contribution is -1.97. The van der Waals surface area contributed by atoms with Gasteiger partial charge in [-0.2, -0.15) is 0 Å². The number of benzene rings is 3. The number of hydrogen-bond donors (Lipinski definition) is 2. The third kappa shape index (κ3) is 3.68. The highest BCUT2D eigenvalue weighted by molar-refractivity contribution is 7.21. The lowest BCUT2D eigenvalue weighted by Gasteiger charge is -2.10. The van der Waals surface area contributed by atoms with Crippen molar-refractivity contribution in [2.75, 3.05) is 5.73 Å². The average molecular weight is 439 g/mol. The van der Waals surface area contributed by atoms with Crippen LogP contribution in [0.4, 0.5) is 5.69 Å². The van der Waals surface area contributed by atoms with Gasteiger partial charge in [-0.05, 0) is 53.6 Å². The maximum absolute atomic E-state index is 11.7. The molecule has 5 aromatic rings. The summed E-state index contributed by atoms with van der Waals surface area (Å²) in [5.74, 6) is 0.438. The fourth-order valence-corrected chi connectivity index (χ4v) is 4.55. The highest BCUT2D eigenvalue weighted by atomic mass is 32.1. The second-order valence-electron chi connectivity index (χ2n) is 7.19. The Morgan fingerprint density at radius 3 is 2.12 bits per heavy atom. The molecule has 0 amide bonds. The molecule has 3 N–H and O–H groups in total. The van der Waals surface area contributed by atoms with E-state index in [2.05, 4.69) is 0 Å². The molecule has 0 saturated heterocycles. The largest absolute Gasteiger partial charge is 0.477 e. The van der Waals surface area contributed by atoms with Crippen molar-refractivity contribution in [3.05, 3.63) is 95.9 Å². The first-order valence-electron chi connectivity index (χ1n) is 9.95. The lowest BCUT2D eigenvalue weighted by molar-refractivity contribution is 0.0703. The van der Waals surface area contributed by atoms with Crippen molar-refractivity contribution in [3.63, 3.8) is 0 Å². The van der Waals surface area contributed by atoms with E-state index >= 15 is 0 Å². The fraction of sp³-hybridized carbons (Fsp3) is 0. The minimum Gasteiger partial charge on any atom is -0.477 e. The number of thiophene rings is 1. The molecule has 32 heavy (non-hydrogen) atoms. The maximum atomic E-state index is 11.7. The van der Waals surface area contributed by atoms with Crippen molar-refractivity contribution in [2.24, 2.45) is 0 Å². The highest BCUT2D eigenvalue weighted by Crippen LogP contribution is 2.41. The molecule has 0 atom stereocenters. The molecule has 0 aliphatic rings. The summed E-state index contributed by atoms with van der Waals surface area (Å²) < 4.78 is 5.88. The van der Waals surface area contributed by atoms with Gasteiger partial charge in [0.25, 0.3) is 0 Å². The molecule has 5 rings (SSSR count). The van der Waals surface area contributed by atoms with Crippen molar-refractivity contribution in [1.82, 2.24) is 4.98 Å². The van der Waals surface area contributed by atoms with Crippen molar-refractivity contribution in [3.8, 4) is 33.9 Å². The molecule has 2 heterocycles. The molecule has 0 spiro atoms. The number of carboxylic acids is 1. The molecule has 0 aliphatic carbocycles. The Hall–Kier alpha value is -4.16. The van der Waals surface area contributed by atoms with Gasteiger partial charge < -0.3 is 15.6 Å². The monoisotopic (exact) mass is 438 g/mol. The summed E-state index contributed by atoms with van der Waals surface area (Å²) in [6.45, 7) is 0. The first-order chi connectivity index (χ1) is 15.6. The Kier molecular flexibility index (Phi) is 5.05. The smallest absolute Gasteiger partial charge is 0.348 e. The van der Waals surface area contributed by atoms with Gasteiger partial charge in [0, 0.05) is 10.9 Å². The molecule has 0 unspecified atom stereocenters. The topological polar surface area (TPSA) is 85.4 Å². The van der Waals surface area contributed by atoms with E-state index in [1.807, 2.05) is 91.0 Å². The van der Waals surface area contributed by atoms with Gasteiger partial charge in [0.2, 0.25) is 0 Å². The van der Waals surface area contributed by atoms with Gasteiger partial charge in [-0.25, -0.2) is 9.78 Å². The van der Waals surface area contributed by atoms with Crippen LogP contribution in [0.5, 0.6) is 11.5 Å². The number of para-hydroxylation sites is 1. The standard InChI is InChI=1S/C26H18N2O3S/c27-23-22-20(16-7-3-1-4-8-16)15-21(28-25(22)32-24(23)26(29)30)17-11-13-19(14-12-17)31-18-9-5-2-6-10-18/h1-15H,27H2,(H,29,30). The predicted molar refractivity (Wildman–Crippen MR) is 128 cm³/mol. The van der Waals surface area contributed by atoms with Gasteiger partial charge in [-0.15, -0.1) is 11.3 Å². The van der Waals surface area contributed by atoms with Crippen LogP contribution in [0.2, 0.25) is 0 Å². The zero-order valence-electron chi connectivity index (χ0n) is 16.9. The Labute approximate surface area is 188 Å². The van der Waals surface area contributed by atoms with Gasteiger partial charge in [-0.1, -0.05) is 48.5 Å². The van der Waals surface area contributed by atoms with E-state index in [0.29, 0.717) is 10.2 Å². The second-order valence-corrected chi connectivity index (χ2v) is 8.19. The number of anilines is 1. The SMILES string of the molecule is Nc1c(C(=O)O)sc2nc(-c3ccc(Oc4ccccc4)cc3)cc(-c3ccccc3)c12. The summed E-state index contributed by atoms with van der Waals surface area (Å²) >= 11 is 1.09. The quantitative estimate of drug-likeness (QED) is 0.319. The number of hydrogen-bond acceptors (Lipinski definition) is 5. The van der Waals surface area contributed by atoms with Crippen LogP contribution in [0.15, 0.2) is 91.0 Å². The van der Waals surface area contributed by atoms with E-state index in [-0.39, 0.29) is 10.6 Å². The van der Waals surface area contributed by atoms with Crippen molar-refractivity contribution >= 4 is 33.2 Å². The number of aromatic nitrogens is 1. The summed E-state index contributed by atoms with van der Waals surface area (Å²) in [6, 6.07) is 29.0. The molecule has 0 radical (unpaired) electrons. The molecule has 6 heteroatoms. The number of ether oxygens (including phenoxy) is 1.